The van der Waals surface area contributed by atoms with E-state index in [4.69, 9.17) is 5.11 Å². The number of thioether (sulfide) groups is 1. The normalized spacial score (nSPS) is 10.5. The molecule has 0 aliphatic carbocycles. The van der Waals surface area contributed by atoms with E-state index in [0.29, 0.717) is 5.56 Å². The first-order valence-corrected chi connectivity index (χ1v) is 8.00. The van der Waals surface area contributed by atoms with Crippen LogP contribution in [0.25, 0.3) is 0 Å². The molecule has 0 aliphatic rings. The summed E-state index contributed by atoms with van der Waals surface area (Å²) in [7, 11) is 0. The molecule has 1 aromatic carbocycles. The van der Waals surface area contributed by atoms with Crippen LogP contribution in [0.4, 0.5) is 0 Å². The maximum Gasteiger partial charge on any atom is 0.336 e. The minimum Gasteiger partial charge on any atom is -0.478 e. The fraction of sp³-hybridized carbons (Fsp3) is 0.154. The largest absolute Gasteiger partial charge is 0.478 e. The van der Waals surface area contributed by atoms with E-state index in [1.165, 1.54) is 4.88 Å². The van der Waals surface area contributed by atoms with Gasteiger partial charge < -0.3 is 5.11 Å². The Morgan fingerprint density at radius 1 is 1.39 bits per heavy atom. The zero-order valence-electron chi connectivity index (χ0n) is 9.43. The van der Waals surface area contributed by atoms with Crippen molar-refractivity contribution < 1.29 is 9.90 Å². The van der Waals surface area contributed by atoms with Crippen LogP contribution in [-0.4, -0.2) is 16.8 Å². The first-order valence-electron chi connectivity index (χ1n) is 5.35. The molecule has 5 heteroatoms. The number of rotatable bonds is 5. The van der Waals surface area contributed by atoms with Crippen LogP contribution in [0.1, 0.15) is 15.2 Å². The van der Waals surface area contributed by atoms with Gasteiger partial charge in [0.2, 0.25) is 0 Å². The number of aromatic carboxylic acids is 1. The summed E-state index contributed by atoms with van der Waals surface area (Å²) >= 11 is 6.69. The molecule has 1 N–H and O–H groups in total. The van der Waals surface area contributed by atoms with E-state index in [-0.39, 0.29) is 0 Å². The lowest BCUT2D eigenvalue weighted by molar-refractivity contribution is 0.0693. The Morgan fingerprint density at radius 3 is 2.89 bits per heavy atom. The van der Waals surface area contributed by atoms with Crippen LogP contribution in [0.15, 0.2) is 45.1 Å². The van der Waals surface area contributed by atoms with Crippen molar-refractivity contribution in [3.8, 4) is 0 Å². The minimum atomic E-state index is -0.874. The van der Waals surface area contributed by atoms with Crippen LogP contribution in [0.5, 0.6) is 0 Å². The summed E-state index contributed by atoms with van der Waals surface area (Å²) in [5.74, 6) is 0.0122. The second kappa shape index (κ2) is 6.41. The van der Waals surface area contributed by atoms with E-state index in [0.717, 1.165) is 21.5 Å². The third-order valence-electron chi connectivity index (χ3n) is 2.36. The van der Waals surface area contributed by atoms with E-state index < -0.39 is 5.97 Å². The summed E-state index contributed by atoms with van der Waals surface area (Å²) in [6.45, 7) is 0. The van der Waals surface area contributed by atoms with Crippen molar-refractivity contribution in [3.63, 3.8) is 0 Å². The highest BCUT2D eigenvalue weighted by atomic mass is 79.9. The van der Waals surface area contributed by atoms with Gasteiger partial charge in [0, 0.05) is 20.0 Å². The molecule has 2 rings (SSSR count). The maximum atomic E-state index is 11.1. The fourth-order valence-corrected chi connectivity index (χ4v) is 3.92. The van der Waals surface area contributed by atoms with Gasteiger partial charge in [-0.25, -0.2) is 4.79 Å². The summed E-state index contributed by atoms with van der Waals surface area (Å²) in [5, 5.41) is 11.2. The highest BCUT2D eigenvalue weighted by molar-refractivity contribution is 9.10. The first kappa shape index (κ1) is 13.6. The SMILES string of the molecule is O=C(O)c1ccc(Br)cc1SCCc1cccs1. The lowest BCUT2D eigenvalue weighted by atomic mass is 10.2. The van der Waals surface area contributed by atoms with Gasteiger partial charge in [-0.05, 0) is 36.1 Å². The molecule has 0 radical (unpaired) electrons. The van der Waals surface area contributed by atoms with Gasteiger partial charge in [0.15, 0.2) is 0 Å². The van der Waals surface area contributed by atoms with Crippen LogP contribution >= 0.6 is 39.0 Å². The molecule has 0 atom stereocenters. The van der Waals surface area contributed by atoms with Crippen molar-refractivity contribution >= 4 is 45.0 Å². The van der Waals surface area contributed by atoms with Crippen molar-refractivity contribution in [2.75, 3.05) is 5.75 Å². The van der Waals surface area contributed by atoms with E-state index in [1.807, 2.05) is 12.1 Å². The van der Waals surface area contributed by atoms with E-state index in [2.05, 4.69) is 27.4 Å². The van der Waals surface area contributed by atoms with Gasteiger partial charge in [-0.3, -0.25) is 0 Å². The zero-order chi connectivity index (χ0) is 13.0. The standard InChI is InChI=1S/C13H11BrO2S2/c14-9-3-4-11(13(15)16)12(8-9)18-7-5-10-2-1-6-17-10/h1-4,6,8H,5,7H2,(H,15,16). The predicted octanol–water partition coefficient (Wildman–Crippen LogP) is 4.54. The number of carboxylic acids is 1. The quantitative estimate of drug-likeness (QED) is 0.810. The lowest BCUT2D eigenvalue weighted by Gasteiger charge is -2.06. The third-order valence-corrected chi connectivity index (χ3v) is 4.85. The minimum absolute atomic E-state index is 0.370. The van der Waals surface area contributed by atoms with Gasteiger partial charge in [0.1, 0.15) is 0 Å². The van der Waals surface area contributed by atoms with E-state index in [1.54, 1.807) is 35.2 Å². The first-order chi connectivity index (χ1) is 8.66. The van der Waals surface area contributed by atoms with Crippen molar-refractivity contribution in [1.82, 2.24) is 0 Å². The molecule has 2 nitrogen and oxygen atoms in total. The molecule has 94 valence electrons. The number of carbonyl (C=O) groups is 1. The summed E-state index contributed by atoms with van der Waals surface area (Å²) in [4.78, 5) is 13.2. The highest BCUT2D eigenvalue weighted by Gasteiger charge is 2.10. The Balaban J connectivity index is 2.03. The molecule has 0 unspecified atom stereocenters. The van der Waals surface area contributed by atoms with Gasteiger partial charge in [-0.1, -0.05) is 22.0 Å². The summed E-state index contributed by atoms with van der Waals surface area (Å²) in [6, 6.07) is 9.39. The summed E-state index contributed by atoms with van der Waals surface area (Å²) < 4.78 is 0.908. The molecule has 1 heterocycles. The molecule has 0 amide bonds. The smallest absolute Gasteiger partial charge is 0.336 e. The van der Waals surface area contributed by atoms with Gasteiger partial charge in [0.25, 0.3) is 0 Å². The number of carboxylic acid groups (broad SMARTS) is 1. The monoisotopic (exact) mass is 342 g/mol. The van der Waals surface area contributed by atoms with Crippen molar-refractivity contribution in [1.29, 1.82) is 0 Å². The lowest BCUT2D eigenvalue weighted by Crippen LogP contribution is -1.99. The fourth-order valence-electron chi connectivity index (χ4n) is 1.51. The van der Waals surface area contributed by atoms with Crippen LogP contribution in [0.2, 0.25) is 0 Å². The molecule has 0 spiro atoms. The molecule has 18 heavy (non-hydrogen) atoms. The molecular weight excluding hydrogens is 332 g/mol. The predicted molar refractivity (Wildman–Crippen MR) is 79.8 cm³/mol. The Labute approximate surface area is 122 Å². The van der Waals surface area contributed by atoms with Crippen LogP contribution < -0.4 is 0 Å². The number of hydrogen-bond donors (Lipinski definition) is 1. The van der Waals surface area contributed by atoms with Crippen molar-refractivity contribution in [3.05, 3.63) is 50.6 Å². The molecule has 0 bridgehead atoms. The average molecular weight is 343 g/mol. The molecule has 2 aromatic rings. The van der Waals surface area contributed by atoms with Gasteiger partial charge in [0.05, 0.1) is 5.56 Å². The second-order valence-corrected chi connectivity index (χ2v) is 6.71. The number of benzene rings is 1. The third kappa shape index (κ3) is 3.60. The molecule has 0 fully saturated rings. The van der Waals surface area contributed by atoms with Crippen LogP contribution in [0.3, 0.4) is 0 Å². The molecular formula is C13H11BrO2S2. The number of halogens is 1. The van der Waals surface area contributed by atoms with Gasteiger partial charge in [-0.15, -0.1) is 23.1 Å². The highest BCUT2D eigenvalue weighted by Crippen LogP contribution is 2.27. The molecule has 1 aromatic heterocycles. The average Bonchev–Trinajstić information content (AvgIpc) is 2.82. The zero-order valence-corrected chi connectivity index (χ0v) is 12.6. The summed E-state index contributed by atoms with van der Waals surface area (Å²) in [5.41, 5.74) is 0.370. The van der Waals surface area contributed by atoms with E-state index >= 15 is 0 Å². The number of thiophene rings is 1. The molecule has 0 aliphatic heterocycles. The summed E-state index contributed by atoms with van der Waals surface area (Å²) in [6.07, 6.45) is 0.966. The van der Waals surface area contributed by atoms with Crippen LogP contribution in [0, 0.1) is 0 Å². The van der Waals surface area contributed by atoms with Crippen molar-refractivity contribution in [2.45, 2.75) is 11.3 Å². The topological polar surface area (TPSA) is 37.3 Å². The Kier molecular flexibility index (Phi) is 4.86. The second-order valence-electron chi connectivity index (χ2n) is 3.62. The van der Waals surface area contributed by atoms with Gasteiger partial charge in [-0.2, -0.15) is 0 Å². The maximum absolute atomic E-state index is 11.1. The Morgan fingerprint density at radius 2 is 2.22 bits per heavy atom. The Hall–Kier alpha value is -0.780. The molecule has 0 saturated carbocycles. The van der Waals surface area contributed by atoms with Crippen molar-refractivity contribution in [2.24, 2.45) is 0 Å². The number of hydrogen-bond acceptors (Lipinski definition) is 3. The Bertz CT molecular complexity index is 538. The number of aryl methyl sites for hydroxylation is 1. The van der Waals surface area contributed by atoms with Gasteiger partial charge >= 0.3 is 5.97 Å². The molecule has 0 saturated heterocycles. The van der Waals surface area contributed by atoms with Crippen LogP contribution in [-0.2, 0) is 6.42 Å². The van der Waals surface area contributed by atoms with E-state index in [9.17, 15) is 4.79 Å².